The van der Waals surface area contributed by atoms with Gasteiger partial charge in [0.1, 0.15) is 0 Å². The van der Waals surface area contributed by atoms with E-state index < -0.39 is 10.7 Å². The molecule has 76 valence electrons. The van der Waals surface area contributed by atoms with Gasteiger partial charge in [0.05, 0.1) is 4.90 Å². The molecule has 0 aliphatic rings. The molecule has 1 aromatic carbocycles. The monoisotopic (exact) mass is 213 g/mol. The molecule has 5 heteroatoms. The number of benzene rings is 1. The summed E-state index contributed by atoms with van der Waals surface area (Å²) in [6.07, 6.45) is 0. The number of carbonyl (C=O) groups excluding carboxylic acids is 1. The summed E-state index contributed by atoms with van der Waals surface area (Å²) in [4.78, 5) is 11.5. The topological polar surface area (TPSA) is 63.2 Å². The van der Waals surface area contributed by atoms with Crippen molar-refractivity contribution in [2.24, 2.45) is 0 Å². The third-order valence-electron chi connectivity index (χ3n) is 1.66. The fourth-order valence-electron chi connectivity index (χ4n) is 1.02. The first kappa shape index (κ1) is 10.7. The second-order valence-corrected chi connectivity index (χ2v) is 3.70. The van der Waals surface area contributed by atoms with Gasteiger partial charge >= 0.3 is 0 Å². The van der Waals surface area contributed by atoms with Crippen LogP contribution in [0.5, 0.6) is 0 Å². The summed E-state index contributed by atoms with van der Waals surface area (Å²) in [5, 5.41) is 2.59. The molecule has 4 nitrogen and oxygen atoms in total. The van der Waals surface area contributed by atoms with Crippen molar-refractivity contribution in [2.75, 3.05) is 6.54 Å². The number of thiol groups is 1. The number of hydrogen-bond donors (Lipinski definition) is 2. The van der Waals surface area contributed by atoms with Gasteiger partial charge < -0.3 is 5.32 Å². The van der Waals surface area contributed by atoms with Crippen molar-refractivity contribution in [3.63, 3.8) is 0 Å². The van der Waals surface area contributed by atoms with Gasteiger partial charge in [0.2, 0.25) is 0 Å². The van der Waals surface area contributed by atoms with E-state index in [2.05, 4.69) is 5.32 Å². The first-order valence-electron chi connectivity index (χ1n) is 4.17. The Kier molecular flexibility index (Phi) is 3.64. The maximum atomic E-state index is 11.3. The quantitative estimate of drug-likeness (QED) is 0.715. The molecule has 0 heterocycles. The fraction of sp³-hybridized carbons (Fsp3) is 0.222. The zero-order valence-electron chi connectivity index (χ0n) is 7.69. The predicted molar refractivity (Wildman–Crippen MR) is 53.0 cm³/mol. The number of carbonyl (C=O) groups is 1. The molecule has 0 fully saturated rings. The van der Waals surface area contributed by atoms with Gasteiger partial charge in [-0.05, 0) is 25.1 Å². The SMILES string of the molecule is CCNC(=O)c1cccc([SH](=O)=O)c1. The predicted octanol–water partition coefficient (Wildman–Crippen LogP) is 0.407. The molecule has 0 spiro atoms. The molecular weight excluding hydrogens is 202 g/mol. The van der Waals surface area contributed by atoms with Gasteiger partial charge in [-0.1, -0.05) is 6.07 Å². The third kappa shape index (κ3) is 2.56. The standard InChI is InChI=1S/C9H11NO3S/c1-2-10-9(11)7-4-3-5-8(6-7)14(12)13/h3-6,14H,2H2,1H3,(H,10,11). The Balaban J connectivity index is 2.99. The third-order valence-corrected chi connectivity index (χ3v) is 2.36. The Morgan fingerprint density at radius 2 is 2.14 bits per heavy atom. The summed E-state index contributed by atoms with van der Waals surface area (Å²) in [5.41, 5.74) is 0.364. The van der Waals surface area contributed by atoms with E-state index in [0.29, 0.717) is 12.1 Å². The molecule has 0 radical (unpaired) electrons. The van der Waals surface area contributed by atoms with E-state index in [4.69, 9.17) is 0 Å². The zero-order valence-corrected chi connectivity index (χ0v) is 8.58. The van der Waals surface area contributed by atoms with E-state index in [1.54, 1.807) is 19.1 Å². The lowest BCUT2D eigenvalue weighted by atomic mass is 10.2. The van der Waals surface area contributed by atoms with Crippen LogP contribution in [0.3, 0.4) is 0 Å². The smallest absolute Gasteiger partial charge is 0.251 e. The van der Waals surface area contributed by atoms with E-state index in [1.807, 2.05) is 0 Å². The summed E-state index contributed by atoms with van der Waals surface area (Å²) in [7, 11) is -2.63. The van der Waals surface area contributed by atoms with Crippen molar-refractivity contribution in [1.29, 1.82) is 0 Å². The van der Waals surface area contributed by atoms with Crippen molar-refractivity contribution in [3.8, 4) is 0 Å². The minimum atomic E-state index is -2.63. The molecule has 0 saturated heterocycles. The van der Waals surface area contributed by atoms with Crippen molar-refractivity contribution < 1.29 is 13.2 Å². The maximum Gasteiger partial charge on any atom is 0.251 e. The van der Waals surface area contributed by atoms with Crippen LogP contribution in [0.25, 0.3) is 0 Å². The Hall–Kier alpha value is -1.36. The van der Waals surface area contributed by atoms with E-state index in [0.717, 1.165) is 0 Å². The lowest BCUT2D eigenvalue weighted by molar-refractivity contribution is 0.0955. The Morgan fingerprint density at radius 3 is 2.71 bits per heavy atom. The second-order valence-electron chi connectivity index (χ2n) is 2.67. The molecular formula is C9H11NO3S. The van der Waals surface area contributed by atoms with Crippen LogP contribution in [0, 0.1) is 0 Å². The van der Waals surface area contributed by atoms with E-state index in [-0.39, 0.29) is 10.8 Å². The Bertz CT molecular complexity index is 404. The second kappa shape index (κ2) is 4.76. The zero-order chi connectivity index (χ0) is 10.6. The van der Waals surface area contributed by atoms with Crippen molar-refractivity contribution in [1.82, 2.24) is 5.32 Å². The van der Waals surface area contributed by atoms with Crippen LogP contribution in [0.4, 0.5) is 0 Å². The highest BCUT2D eigenvalue weighted by atomic mass is 32.2. The molecule has 0 unspecified atom stereocenters. The normalized spacial score (nSPS) is 10.1. The van der Waals surface area contributed by atoms with E-state index in [1.165, 1.54) is 12.1 Å². The molecule has 0 aliphatic carbocycles. The van der Waals surface area contributed by atoms with Gasteiger partial charge in [0.25, 0.3) is 5.91 Å². The van der Waals surface area contributed by atoms with Crippen LogP contribution >= 0.6 is 0 Å². The molecule has 14 heavy (non-hydrogen) atoms. The van der Waals surface area contributed by atoms with Crippen LogP contribution < -0.4 is 5.32 Å². The van der Waals surface area contributed by atoms with Crippen LogP contribution in [0.2, 0.25) is 0 Å². The summed E-state index contributed by atoms with van der Waals surface area (Å²) < 4.78 is 21.3. The van der Waals surface area contributed by atoms with E-state index in [9.17, 15) is 13.2 Å². The Morgan fingerprint density at radius 1 is 1.43 bits per heavy atom. The number of rotatable bonds is 3. The van der Waals surface area contributed by atoms with Crippen molar-refractivity contribution in [2.45, 2.75) is 11.8 Å². The number of nitrogens with one attached hydrogen (secondary N) is 1. The molecule has 0 saturated carbocycles. The Labute approximate surface area is 83.9 Å². The lowest BCUT2D eigenvalue weighted by Crippen LogP contribution is -2.22. The molecule has 1 aromatic rings. The van der Waals surface area contributed by atoms with E-state index >= 15 is 0 Å². The molecule has 0 atom stereocenters. The fourth-order valence-corrected chi connectivity index (χ4v) is 1.48. The summed E-state index contributed by atoms with van der Waals surface area (Å²) in [6, 6.07) is 5.93. The van der Waals surface area contributed by atoms with Gasteiger partial charge in [-0.3, -0.25) is 4.79 Å². The minimum Gasteiger partial charge on any atom is -0.352 e. The van der Waals surface area contributed by atoms with Crippen LogP contribution in [-0.2, 0) is 10.7 Å². The van der Waals surface area contributed by atoms with Crippen molar-refractivity contribution >= 4 is 16.6 Å². The van der Waals surface area contributed by atoms with Gasteiger partial charge in [0.15, 0.2) is 10.7 Å². The van der Waals surface area contributed by atoms with Crippen LogP contribution in [0.15, 0.2) is 29.2 Å². The summed E-state index contributed by atoms with van der Waals surface area (Å²) >= 11 is 0. The molecule has 0 aliphatic heterocycles. The highest BCUT2D eigenvalue weighted by Crippen LogP contribution is 2.06. The van der Waals surface area contributed by atoms with Gasteiger partial charge in [-0.2, -0.15) is 0 Å². The highest BCUT2D eigenvalue weighted by Gasteiger charge is 2.04. The average Bonchev–Trinajstić information content (AvgIpc) is 2.18. The minimum absolute atomic E-state index is 0.156. The first-order chi connectivity index (χ1) is 6.65. The lowest BCUT2D eigenvalue weighted by Gasteiger charge is -2.01. The molecule has 0 aromatic heterocycles. The molecule has 0 bridgehead atoms. The van der Waals surface area contributed by atoms with Crippen LogP contribution in [-0.4, -0.2) is 20.9 Å². The van der Waals surface area contributed by atoms with Crippen LogP contribution in [0.1, 0.15) is 17.3 Å². The van der Waals surface area contributed by atoms with Crippen molar-refractivity contribution in [3.05, 3.63) is 29.8 Å². The van der Waals surface area contributed by atoms with Gasteiger partial charge in [-0.25, -0.2) is 8.42 Å². The van der Waals surface area contributed by atoms with Gasteiger partial charge in [0, 0.05) is 12.1 Å². The maximum absolute atomic E-state index is 11.3. The summed E-state index contributed by atoms with van der Waals surface area (Å²) in [6.45, 7) is 2.32. The first-order valence-corrected chi connectivity index (χ1v) is 5.35. The number of amides is 1. The van der Waals surface area contributed by atoms with Gasteiger partial charge in [-0.15, -0.1) is 0 Å². The molecule has 1 N–H and O–H groups in total. The molecule has 1 rings (SSSR count). The largest absolute Gasteiger partial charge is 0.352 e. The summed E-state index contributed by atoms with van der Waals surface area (Å²) in [5.74, 6) is -0.258. The average molecular weight is 213 g/mol. The number of hydrogen-bond acceptors (Lipinski definition) is 3. The highest BCUT2D eigenvalue weighted by molar-refractivity contribution is 7.72. The molecule has 1 amide bonds.